The van der Waals surface area contributed by atoms with Gasteiger partial charge in [-0.05, 0) is 51.9 Å². The van der Waals surface area contributed by atoms with Crippen molar-refractivity contribution in [2.75, 3.05) is 0 Å². The Labute approximate surface area is 256 Å². The Morgan fingerprint density at radius 2 is 1.17 bits per heavy atom. The van der Waals surface area contributed by atoms with Crippen LogP contribution in [0.1, 0.15) is 0 Å². The second kappa shape index (κ2) is 11.0. The van der Waals surface area contributed by atoms with Crippen LogP contribution in [-0.2, 0) is 22.4 Å². The Balaban J connectivity index is 0.00000141. The van der Waals surface area contributed by atoms with Gasteiger partial charge in [-0.15, -0.1) is 0 Å². The lowest BCUT2D eigenvalue weighted by molar-refractivity contribution is 0.669. The fourth-order valence-corrected chi connectivity index (χ4v) is 5.73. The molecule has 0 atom stereocenters. The van der Waals surface area contributed by atoms with Gasteiger partial charge in [0.1, 0.15) is 11.2 Å². The van der Waals surface area contributed by atoms with Gasteiger partial charge in [0.05, 0.1) is 0 Å². The average Bonchev–Trinajstić information content (AvgIpc) is 3.43. The first-order chi connectivity index (χ1) is 20.7. The third-order valence-corrected chi connectivity index (χ3v) is 7.61. The SMILES string of the molecule is Clc1ccc2oc3cccc(-c4nc(-c5ccccc5)nc(-c5cc6ccccc6c6ccccc56)n4)c3c2c1.S=S. The molecule has 0 saturated carbocycles. The highest BCUT2D eigenvalue weighted by Gasteiger charge is 2.19. The van der Waals surface area contributed by atoms with Crippen LogP contribution in [0, 0.1) is 0 Å². The zero-order valence-corrected chi connectivity index (χ0v) is 24.4. The summed E-state index contributed by atoms with van der Waals surface area (Å²) in [6, 6.07) is 40.7. The van der Waals surface area contributed by atoms with E-state index in [2.05, 4.69) is 77.0 Å². The Hall–Kier alpha value is -4.62. The van der Waals surface area contributed by atoms with Crippen molar-refractivity contribution in [1.82, 2.24) is 15.0 Å². The number of rotatable bonds is 3. The molecule has 4 nitrogen and oxygen atoms in total. The van der Waals surface area contributed by atoms with Crippen LogP contribution in [0.3, 0.4) is 0 Å². The largest absolute Gasteiger partial charge is 0.456 e. The highest BCUT2D eigenvalue weighted by Crippen LogP contribution is 2.39. The smallest absolute Gasteiger partial charge is 0.164 e. The molecule has 0 N–H and O–H groups in total. The summed E-state index contributed by atoms with van der Waals surface area (Å²) in [4.78, 5) is 15.2. The molecule has 0 spiro atoms. The maximum atomic E-state index is 6.41. The Bertz CT molecular complexity index is 2270. The molecule has 42 heavy (non-hydrogen) atoms. The lowest BCUT2D eigenvalue weighted by Crippen LogP contribution is -2.01. The molecule has 200 valence electrons. The minimum absolute atomic E-state index is 0.578. The number of fused-ring (bicyclic) bond motifs is 6. The first-order valence-electron chi connectivity index (χ1n) is 13.2. The van der Waals surface area contributed by atoms with Crippen molar-refractivity contribution in [3.8, 4) is 34.2 Å². The van der Waals surface area contributed by atoms with Crippen LogP contribution >= 0.6 is 11.6 Å². The molecule has 0 unspecified atom stereocenters. The van der Waals surface area contributed by atoms with Crippen LogP contribution in [0.2, 0.25) is 5.02 Å². The van der Waals surface area contributed by atoms with Crippen molar-refractivity contribution in [1.29, 1.82) is 0 Å². The molecule has 6 aromatic carbocycles. The Morgan fingerprint density at radius 1 is 0.500 bits per heavy atom. The topological polar surface area (TPSA) is 51.8 Å². The van der Waals surface area contributed by atoms with Crippen molar-refractivity contribution in [2.24, 2.45) is 0 Å². The molecule has 2 heterocycles. The van der Waals surface area contributed by atoms with E-state index in [9.17, 15) is 0 Å². The van der Waals surface area contributed by atoms with Crippen LogP contribution in [0.4, 0.5) is 0 Å². The van der Waals surface area contributed by atoms with Gasteiger partial charge in [0.15, 0.2) is 17.5 Å². The van der Waals surface area contributed by atoms with Crippen molar-refractivity contribution < 1.29 is 4.42 Å². The highest BCUT2D eigenvalue weighted by molar-refractivity contribution is 8.07. The normalized spacial score (nSPS) is 11.2. The molecule has 0 bridgehead atoms. The van der Waals surface area contributed by atoms with Crippen molar-refractivity contribution in [3.63, 3.8) is 0 Å². The molecule has 7 heteroatoms. The van der Waals surface area contributed by atoms with Gasteiger partial charge in [-0.2, -0.15) is 0 Å². The summed E-state index contributed by atoms with van der Waals surface area (Å²) in [5, 5.41) is 7.10. The molecule has 0 amide bonds. The van der Waals surface area contributed by atoms with Crippen LogP contribution in [0.5, 0.6) is 0 Å². The van der Waals surface area contributed by atoms with Gasteiger partial charge in [-0.25, -0.2) is 15.0 Å². The van der Waals surface area contributed by atoms with Crippen LogP contribution in [0.15, 0.2) is 126 Å². The third-order valence-electron chi connectivity index (χ3n) is 7.37. The van der Waals surface area contributed by atoms with Gasteiger partial charge in [0.25, 0.3) is 0 Å². The first-order valence-corrected chi connectivity index (χ1v) is 14.9. The molecule has 0 aliphatic rings. The number of aromatic nitrogens is 3. The van der Waals surface area contributed by atoms with E-state index in [4.69, 9.17) is 31.0 Å². The molecule has 0 fully saturated rings. The Kier molecular flexibility index (Phi) is 6.88. The molecule has 2 aromatic heterocycles. The van der Waals surface area contributed by atoms with Gasteiger partial charge in [-0.1, -0.05) is 103 Å². The maximum absolute atomic E-state index is 6.41. The Morgan fingerprint density at radius 3 is 1.98 bits per heavy atom. The lowest BCUT2D eigenvalue weighted by atomic mass is 9.97. The molecule has 8 aromatic rings. The molecule has 0 saturated heterocycles. The summed E-state index contributed by atoms with van der Waals surface area (Å²) >= 11 is 13.7. The van der Waals surface area contributed by atoms with E-state index >= 15 is 0 Å². The average molecular weight is 598 g/mol. The van der Waals surface area contributed by atoms with Crippen molar-refractivity contribution in [2.45, 2.75) is 0 Å². The molecular weight excluding hydrogens is 578 g/mol. The first kappa shape index (κ1) is 26.3. The number of benzene rings is 6. The van der Waals surface area contributed by atoms with Gasteiger partial charge in [0.2, 0.25) is 0 Å². The van der Waals surface area contributed by atoms with Gasteiger partial charge in [0, 0.05) is 54.9 Å². The van der Waals surface area contributed by atoms with Gasteiger partial charge >= 0.3 is 0 Å². The molecule has 8 rings (SSSR count). The minimum Gasteiger partial charge on any atom is -0.456 e. The molecule has 0 aliphatic carbocycles. The van der Waals surface area contributed by atoms with Crippen molar-refractivity contribution in [3.05, 3.63) is 126 Å². The van der Waals surface area contributed by atoms with E-state index in [0.29, 0.717) is 22.5 Å². The fourth-order valence-electron chi connectivity index (χ4n) is 5.56. The maximum Gasteiger partial charge on any atom is 0.164 e. The van der Waals surface area contributed by atoms with Crippen LogP contribution in [-0.4, -0.2) is 15.0 Å². The summed E-state index contributed by atoms with van der Waals surface area (Å²) < 4.78 is 6.18. The third kappa shape index (κ3) is 4.50. The zero-order valence-electron chi connectivity index (χ0n) is 22.0. The summed E-state index contributed by atoms with van der Waals surface area (Å²) in [5.74, 6) is 1.81. The second-order valence-electron chi connectivity index (χ2n) is 9.78. The lowest BCUT2D eigenvalue weighted by Gasteiger charge is -2.12. The second-order valence-corrected chi connectivity index (χ2v) is 10.2. The predicted molar refractivity (Wildman–Crippen MR) is 178 cm³/mol. The summed E-state index contributed by atoms with van der Waals surface area (Å²) in [6.07, 6.45) is 0. The standard InChI is InChI=1S/C35H20ClN3O.S2/c36-23-17-18-30-29(20-23)32-27(15-8-16-31(32)40-30)34-37-33(21-9-2-1-3-10-21)38-35(39-34)28-19-22-11-4-5-12-24(22)25-13-6-7-14-26(25)28;1-2/h1-20H;. The summed E-state index contributed by atoms with van der Waals surface area (Å²) in [6.45, 7) is 0. The van der Waals surface area contributed by atoms with Crippen LogP contribution in [0.25, 0.3) is 77.6 Å². The molecular formula is C35H20ClN3OS2. The molecule has 0 radical (unpaired) electrons. The zero-order chi connectivity index (χ0) is 28.6. The minimum atomic E-state index is 0.578. The predicted octanol–water partition coefficient (Wildman–Crippen LogP) is 9.73. The van der Waals surface area contributed by atoms with E-state index in [0.717, 1.165) is 54.8 Å². The monoisotopic (exact) mass is 597 g/mol. The summed E-state index contributed by atoms with van der Waals surface area (Å²) in [5.41, 5.74) is 4.27. The summed E-state index contributed by atoms with van der Waals surface area (Å²) in [7, 11) is 0. The number of hydrogen-bond acceptors (Lipinski definition) is 6. The van der Waals surface area contributed by atoms with E-state index in [1.165, 1.54) is 5.39 Å². The van der Waals surface area contributed by atoms with Crippen LogP contribution < -0.4 is 0 Å². The molecule has 0 aliphatic heterocycles. The number of furan rings is 1. The van der Waals surface area contributed by atoms with E-state index in [-0.39, 0.29) is 0 Å². The number of halogens is 1. The van der Waals surface area contributed by atoms with Crippen molar-refractivity contribution >= 4 is 77.5 Å². The van der Waals surface area contributed by atoms with E-state index in [1.54, 1.807) is 0 Å². The quantitative estimate of drug-likeness (QED) is 0.189. The van der Waals surface area contributed by atoms with Gasteiger partial charge in [-0.3, -0.25) is 0 Å². The van der Waals surface area contributed by atoms with E-state index in [1.807, 2.05) is 66.7 Å². The fraction of sp³-hybridized carbons (Fsp3) is 0. The number of hydrogen-bond donors (Lipinski definition) is 0. The van der Waals surface area contributed by atoms with Gasteiger partial charge < -0.3 is 4.42 Å². The number of nitrogens with zero attached hydrogens (tertiary/aromatic N) is 3. The van der Waals surface area contributed by atoms with E-state index < -0.39 is 0 Å². The highest BCUT2D eigenvalue weighted by atomic mass is 35.5.